The Balaban J connectivity index is 1.36. The Hall–Kier alpha value is -4.14. The molecule has 1 amide bonds. The van der Waals surface area contributed by atoms with E-state index >= 15 is 0 Å². The Kier molecular flexibility index (Phi) is 7.18. The number of likely N-dealkylation sites (tertiary alicyclic amines) is 1. The Morgan fingerprint density at radius 1 is 0.974 bits per heavy atom. The lowest BCUT2D eigenvalue weighted by Gasteiger charge is -2.31. The molecule has 0 unspecified atom stereocenters. The van der Waals surface area contributed by atoms with Crippen LogP contribution in [0.5, 0.6) is 0 Å². The van der Waals surface area contributed by atoms with E-state index in [9.17, 15) is 22.4 Å². The molecule has 0 bridgehead atoms. The van der Waals surface area contributed by atoms with Crippen molar-refractivity contribution in [1.29, 1.82) is 0 Å². The topological polar surface area (TPSA) is 58.2 Å². The van der Waals surface area contributed by atoms with E-state index in [1.54, 1.807) is 17.0 Å². The summed E-state index contributed by atoms with van der Waals surface area (Å²) in [7, 11) is 0. The van der Waals surface area contributed by atoms with Crippen LogP contribution in [0.2, 0.25) is 0 Å². The minimum atomic E-state index is -4.49. The lowest BCUT2D eigenvalue weighted by Crippen LogP contribution is -2.38. The molecule has 1 aliphatic rings. The van der Waals surface area contributed by atoms with Gasteiger partial charge in [0, 0.05) is 42.5 Å². The molecule has 0 atom stereocenters. The highest BCUT2D eigenvalue weighted by Gasteiger charge is 2.31. The van der Waals surface area contributed by atoms with Crippen LogP contribution in [0.1, 0.15) is 35.6 Å². The van der Waals surface area contributed by atoms with Crippen LogP contribution in [0, 0.1) is 5.95 Å². The first-order valence-electron chi connectivity index (χ1n) is 12.3. The van der Waals surface area contributed by atoms with E-state index in [1.165, 1.54) is 18.3 Å². The molecule has 0 spiro atoms. The molecule has 2 aromatic heterocycles. The van der Waals surface area contributed by atoms with Gasteiger partial charge in [-0.2, -0.15) is 17.6 Å². The summed E-state index contributed by atoms with van der Waals surface area (Å²) < 4.78 is 59.6. The van der Waals surface area contributed by atoms with E-state index in [0.717, 1.165) is 23.4 Å². The van der Waals surface area contributed by atoms with Crippen LogP contribution in [0.3, 0.4) is 0 Å². The minimum absolute atomic E-state index is 0.0400. The number of halogens is 4. The van der Waals surface area contributed by atoms with Gasteiger partial charge in [0.1, 0.15) is 6.61 Å². The molecule has 1 aliphatic heterocycles. The summed E-state index contributed by atoms with van der Waals surface area (Å²) in [6.07, 6.45) is -2.25. The number of nitrogens with one attached hydrogen (secondary N) is 1. The molecule has 0 saturated carbocycles. The Bertz CT molecular complexity index is 1410. The molecular weight excluding hydrogens is 498 g/mol. The molecule has 1 saturated heterocycles. The normalized spacial score (nSPS) is 14.5. The first-order valence-corrected chi connectivity index (χ1v) is 12.3. The summed E-state index contributed by atoms with van der Waals surface area (Å²) >= 11 is 0. The van der Waals surface area contributed by atoms with Crippen molar-refractivity contribution in [2.75, 3.05) is 13.1 Å². The van der Waals surface area contributed by atoms with E-state index in [2.05, 4.69) is 9.97 Å². The van der Waals surface area contributed by atoms with Crippen molar-refractivity contribution in [1.82, 2.24) is 14.9 Å². The number of aromatic nitrogens is 2. The van der Waals surface area contributed by atoms with Gasteiger partial charge in [0.05, 0.1) is 11.3 Å². The maximum absolute atomic E-state index is 13.9. The molecule has 0 radical (unpaired) electrons. The molecule has 5 nitrogen and oxygen atoms in total. The fraction of sp³-hybridized carbons (Fsp3) is 0.241. The number of carbonyl (C=O) groups excluding carboxylic acids is 1. The summed E-state index contributed by atoms with van der Waals surface area (Å²) in [5, 5.41) is 0. The van der Waals surface area contributed by atoms with Crippen LogP contribution < -0.4 is 0 Å². The number of pyridine rings is 1. The number of piperidine rings is 1. The number of H-pyrrole nitrogens is 1. The summed E-state index contributed by atoms with van der Waals surface area (Å²) in [4.78, 5) is 21.1. The molecule has 0 aliphatic carbocycles. The van der Waals surface area contributed by atoms with E-state index in [-0.39, 0.29) is 18.6 Å². The zero-order chi connectivity index (χ0) is 26.7. The van der Waals surface area contributed by atoms with Crippen molar-refractivity contribution in [3.8, 4) is 22.4 Å². The fourth-order valence-corrected chi connectivity index (χ4v) is 4.76. The third-order valence-corrected chi connectivity index (χ3v) is 6.75. The molecule has 2 aromatic carbocycles. The van der Waals surface area contributed by atoms with E-state index in [0.29, 0.717) is 48.3 Å². The lowest BCUT2D eigenvalue weighted by atomic mass is 9.93. The number of ether oxygens (including phenoxy) is 1. The maximum Gasteiger partial charge on any atom is 0.416 e. The second-order valence-corrected chi connectivity index (χ2v) is 9.26. The summed E-state index contributed by atoms with van der Waals surface area (Å²) in [6.45, 7) is 1.16. The second kappa shape index (κ2) is 10.7. The monoisotopic (exact) mass is 523 g/mol. The van der Waals surface area contributed by atoms with Gasteiger partial charge in [-0.05, 0) is 53.8 Å². The van der Waals surface area contributed by atoms with Crippen LogP contribution in [0.25, 0.3) is 22.4 Å². The molecule has 9 heteroatoms. The summed E-state index contributed by atoms with van der Waals surface area (Å²) in [5.41, 5.74) is 2.88. The van der Waals surface area contributed by atoms with Gasteiger partial charge in [-0.15, -0.1) is 0 Å². The van der Waals surface area contributed by atoms with E-state index in [1.807, 2.05) is 36.4 Å². The Morgan fingerprint density at radius 3 is 2.45 bits per heavy atom. The number of aromatic amines is 1. The number of amides is 1. The van der Waals surface area contributed by atoms with Crippen LogP contribution in [-0.2, 0) is 17.5 Å². The SMILES string of the molecule is O=C(OCc1ccccc1)N1CCC(c2cc(-c3ccnc(F)c3)c(-c3cccc(C(F)(F)F)c3)[nH]2)CC1. The number of hydrogen-bond donors (Lipinski definition) is 1. The van der Waals surface area contributed by atoms with Gasteiger partial charge in [-0.25, -0.2) is 9.78 Å². The molecule has 38 heavy (non-hydrogen) atoms. The molecule has 196 valence electrons. The van der Waals surface area contributed by atoms with Gasteiger partial charge in [0.2, 0.25) is 5.95 Å². The van der Waals surface area contributed by atoms with Gasteiger partial charge in [-0.3, -0.25) is 0 Å². The van der Waals surface area contributed by atoms with Crippen molar-refractivity contribution < 1.29 is 27.1 Å². The van der Waals surface area contributed by atoms with Crippen molar-refractivity contribution in [2.45, 2.75) is 31.5 Å². The predicted molar refractivity (Wildman–Crippen MR) is 135 cm³/mol. The Morgan fingerprint density at radius 2 is 1.74 bits per heavy atom. The summed E-state index contributed by atoms with van der Waals surface area (Å²) in [6, 6.07) is 19.2. The van der Waals surface area contributed by atoms with Gasteiger partial charge in [-0.1, -0.05) is 42.5 Å². The van der Waals surface area contributed by atoms with Gasteiger partial charge < -0.3 is 14.6 Å². The third kappa shape index (κ3) is 5.72. The third-order valence-electron chi connectivity index (χ3n) is 6.75. The zero-order valence-electron chi connectivity index (χ0n) is 20.3. The van der Waals surface area contributed by atoms with Gasteiger partial charge in [0.15, 0.2) is 0 Å². The molecule has 4 aromatic rings. The lowest BCUT2D eigenvalue weighted by molar-refractivity contribution is -0.137. The quantitative estimate of drug-likeness (QED) is 0.219. The highest BCUT2D eigenvalue weighted by molar-refractivity contribution is 5.82. The standard InChI is InChI=1S/C29H25F4N3O2/c30-26-16-21(9-12-34-26)24-17-25(35-27(24)22-7-4-8-23(15-22)29(31,32)33)20-10-13-36(14-11-20)28(37)38-18-19-5-2-1-3-6-19/h1-9,12,15-17,20,35H,10-11,13-14,18H2. The Labute approximate surface area is 217 Å². The number of hydrogen-bond acceptors (Lipinski definition) is 3. The average molecular weight is 524 g/mol. The van der Waals surface area contributed by atoms with Crippen molar-refractivity contribution in [2.24, 2.45) is 0 Å². The van der Waals surface area contributed by atoms with Gasteiger partial charge in [0.25, 0.3) is 0 Å². The maximum atomic E-state index is 13.9. The number of rotatable bonds is 5. The van der Waals surface area contributed by atoms with E-state index in [4.69, 9.17) is 4.74 Å². The number of carbonyl (C=O) groups is 1. The molecule has 3 heterocycles. The molecule has 1 fully saturated rings. The highest BCUT2D eigenvalue weighted by Crippen LogP contribution is 2.39. The number of benzene rings is 2. The van der Waals surface area contributed by atoms with Crippen molar-refractivity contribution in [3.05, 3.63) is 102 Å². The smallest absolute Gasteiger partial charge is 0.416 e. The highest BCUT2D eigenvalue weighted by atomic mass is 19.4. The van der Waals surface area contributed by atoms with Crippen LogP contribution in [-0.4, -0.2) is 34.1 Å². The largest absolute Gasteiger partial charge is 0.445 e. The molecule has 5 rings (SSSR count). The number of nitrogens with zero attached hydrogens (tertiary/aromatic N) is 2. The predicted octanol–water partition coefficient (Wildman–Crippen LogP) is 7.42. The van der Waals surface area contributed by atoms with E-state index < -0.39 is 17.7 Å². The fourth-order valence-electron chi connectivity index (χ4n) is 4.76. The molecule has 1 N–H and O–H groups in total. The first-order chi connectivity index (χ1) is 18.3. The number of alkyl halides is 3. The van der Waals surface area contributed by atoms with Gasteiger partial charge >= 0.3 is 12.3 Å². The second-order valence-electron chi connectivity index (χ2n) is 9.26. The minimum Gasteiger partial charge on any atom is -0.445 e. The zero-order valence-corrected chi connectivity index (χ0v) is 20.3. The van der Waals surface area contributed by atoms with Crippen LogP contribution >= 0.6 is 0 Å². The van der Waals surface area contributed by atoms with Crippen LogP contribution in [0.4, 0.5) is 22.4 Å². The molecular formula is C29H25F4N3O2. The first kappa shape index (κ1) is 25.5. The summed E-state index contributed by atoms with van der Waals surface area (Å²) in [5.74, 6) is -0.638. The van der Waals surface area contributed by atoms with Crippen LogP contribution in [0.15, 0.2) is 79.0 Å². The average Bonchev–Trinajstić information content (AvgIpc) is 3.38. The van der Waals surface area contributed by atoms with Crippen molar-refractivity contribution in [3.63, 3.8) is 0 Å². The van der Waals surface area contributed by atoms with Crippen molar-refractivity contribution >= 4 is 6.09 Å².